The maximum absolute atomic E-state index is 13.3. The van der Waals surface area contributed by atoms with Gasteiger partial charge in [-0.2, -0.15) is 0 Å². The molecule has 2 N–H and O–H groups in total. The molecule has 184 valence electrons. The lowest BCUT2D eigenvalue weighted by Crippen LogP contribution is -2.57. The monoisotopic (exact) mass is 465 g/mol. The summed E-state index contributed by atoms with van der Waals surface area (Å²) in [5.74, 6) is 0.770. The molecule has 0 saturated carbocycles. The van der Waals surface area contributed by atoms with E-state index in [4.69, 9.17) is 4.74 Å². The van der Waals surface area contributed by atoms with Crippen LogP contribution in [0.25, 0.3) is 0 Å². The molecule has 1 saturated heterocycles. The van der Waals surface area contributed by atoms with Crippen LogP contribution in [0.15, 0.2) is 54.6 Å². The van der Waals surface area contributed by atoms with E-state index in [-0.39, 0.29) is 11.8 Å². The summed E-state index contributed by atoms with van der Waals surface area (Å²) in [4.78, 5) is 28.1. The second-order valence-corrected chi connectivity index (χ2v) is 9.12. The van der Waals surface area contributed by atoms with Gasteiger partial charge >= 0.3 is 0 Å². The maximum atomic E-state index is 13.3. The highest BCUT2D eigenvalue weighted by atomic mass is 16.5. The third-order valence-electron chi connectivity index (χ3n) is 6.73. The number of hydrogen-bond donors (Lipinski definition) is 2. The number of nitrogens with zero attached hydrogens (tertiary/aromatic N) is 1. The first-order chi connectivity index (χ1) is 16.6. The molecule has 1 atom stereocenters. The van der Waals surface area contributed by atoms with E-state index in [1.165, 1.54) is 0 Å². The molecule has 1 aliphatic heterocycles. The molecule has 1 heterocycles. The number of ether oxygens (including phenoxy) is 1. The average Bonchev–Trinajstić information content (AvgIpc) is 3.31. The number of nitrogens with one attached hydrogen (secondary N) is 2. The molecule has 6 heteroatoms. The number of hydrogen-bond acceptors (Lipinski definition) is 4. The molecule has 0 radical (unpaired) electrons. The molecule has 1 aliphatic rings. The summed E-state index contributed by atoms with van der Waals surface area (Å²) < 4.78 is 5.86. The summed E-state index contributed by atoms with van der Waals surface area (Å²) in [6, 6.07) is 17.7. The number of amides is 2. The van der Waals surface area contributed by atoms with Crippen LogP contribution in [0.5, 0.6) is 5.75 Å². The second-order valence-electron chi connectivity index (χ2n) is 9.12. The standard InChI is InChI=1S/C28H39N3O3/c1-29-19-9-4-3-8-17-28(27(33)30-2)18-10-20-31(28)26(32)21-23-13-15-25(16-14-23)34-22-24-11-6-5-7-12-24/h5-7,11-16,29H,3-4,8-10,17-22H2,1-2H3,(H,30,33). The van der Waals surface area contributed by atoms with Gasteiger partial charge in [-0.05, 0) is 62.5 Å². The number of carbonyl (C=O) groups is 2. The zero-order valence-electron chi connectivity index (χ0n) is 20.6. The molecule has 0 aromatic heterocycles. The zero-order chi connectivity index (χ0) is 24.2. The van der Waals surface area contributed by atoms with Gasteiger partial charge in [0, 0.05) is 13.6 Å². The first-order valence-corrected chi connectivity index (χ1v) is 12.5. The Labute approximate surface area is 204 Å². The maximum Gasteiger partial charge on any atom is 0.245 e. The molecule has 34 heavy (non-hydrogen) atoms. The molecule has 0 bridgehead atoms. The summed E-state index contributed by atoms with van der Waals surface area (Å²) in [7, 11) is 3.64. The predicted molar refractivity (Wildman–Crippen MR) is 136 cm³/mol. The fourth-order valence-corrected chi connectivity index (χ4v) is 4.87. The van der Waals surface area contributed by atoms with E-state index < -0.39 is 5.54 Å². The van der Waals surface area contributed by atoms with Crippen LogP contribution in [0.3, 0.4) is 0 Å². The molecule has 0 aliphatic carbocycles. The van der Waals surface area contributed by atoms with Crippen molar-refractivity contribution in [1.29, 1.82) is 0 Å². The Bertz CT molecular complexity index is 901. The SMILES string of the molecule is CNCCCCCCC1(C(=O)NC)CCCN1C(=O)Cc1ccc(OCc2ccccc2)cc1. The fourth-order valence-electron chi connectivity index (χ4n) is 4.87. The van der Waals surface area contributed by atoms with E-state index in [1.54, 1.807) is 7.05 Å². The number of likely N-dealkylation sites (N-methyl/N-ethyl adjacent to an activating group) is 1. The lowest BCUT2D eigenvalue weighted by atomic mass is 9.87. The van der Waals surface area contributed by atoms with Gasteiger partial charge in [0.2, 0.25) is 11.8 Å². The molecule has 6 nitrogen and oxygen atoms in total. The third-order valence-corrected chi connectivity index (χ3v) is 6.73. The van der Waals surface area contributed by atoms with Crippen molar-refractivity contribution in [2.24, 2.45) is 0 Å². The van der Waals surface area contributed by atoms with Crippen LogP contribution in [0.2, 0.25) is 0 Å². The van der Waals surface area contributed by atoms with E-state index in [0.29, 0.717) is 19.6 Å². The lowest BCUT2D eigenvalue weighted by Gasteiger charge is -2.37. The molecule has 1 fully saturated rings. The van der Waals surface area contributed by atoms with Gasteiger partial charge in [0.05, 0.1) is 6.42 Å². The summed E-state index contributed by atoms with van der Waals surface area (Å²) >= 11 is 0. The second kappa shape index (κ2) is 13.1. The number of unbranched alkanes of at least 4 members (excludes halogenated alkanes) is 3. The normalized spacial score (nSPS) is 17.5. The van der Waals surface area contributed by atoms with Crippen molar-refractivity contribution in [2.75, 3.05) is 27.2 Å². The predicted octanol–water partition coefficient (Wildman–Crippen LogP) is 4.09. The van der Waals surface area contributed by atoms with Gasteiger partial charge in [0.25, 0.3) is 0 Å². The summed E-state index contributed by atoms with van der Waals surface area (Å²) in [5, 5.41) is 6.01. The van der Waals surface area contributed by atoms with E-state index in [2.05, 4.69) is 10.6 Å². The first kappa shape index (κ1) is 25.8. The molecule has 2 aromatic rings. The number of likely N-dealkylation sites (tertiary alicyclic amines) is 1. The van der Waals surface area contributed by atoms with Crippen LogP contribution in [0.1, 0.15) is 56.1 Å². The number of carbonyl (C=O) groups excluding carboxylic acids is 2. The van der Waals surface area contributed by atoms with Crippen molar-refractivity contribution in [1.82, 2.24) is 15.5 Å². The Balaban J connectivity index is 1.58. The summed E-state index contributed by atoms with van der Waals surface area (Å²) in [6.07, 6.45) is 6.92. The van der Waals surface area contributed by atoms with Gasteiger partial charge in [0.1, 0.15) is 17.9 Å². The molecular weight excluding hydrogens is 426 g/mol. The Morgan fingerprint density at radius 1 is 0.941 bits per heavy atom. The lowest BCUT2D eigenvalue weighted by molar-refractivity contribution is -0.145. The zero-order valence-corrected chi connectivity index (χ0v) is 20.6. The number of benzene rings is 2. The average molecular weight is 466 g/mol. The van der Waals surface area contributed by atoms with Gasteiger partial charge < -0.3 is 20.3 Å². The van der Waals surface area contributed by atoms with Gasteiger partial charge in [-0.3, -0.25) is 9.59 Å². The van der Waals surface area contributed by atoms with Crippen LogP contribution in [0.4, 0.5) is 0 Å². The molecule has 2 amide bonds. The first-order valence-electron chi connectivity index (χ1n) is 12.5. The van der Waals surface area contributed by atoms with Gasteiger partial charge in [0.15, 0.2) is 0 Å². The van der Waals surface area contributed by atoms with E-state index in [1.807, 2.05) is 66.5 Å². The molecule has 3 rings (SSSR count). The van der Waals surface area contributed by atoms with Crippen LogP contribution in [-0.2, 0) is 22.6 Å². The summed E-state index contributed by atoms with van der Waals surface area (Å²) in [5.41, 5.74) is 1.33. The minimum Gasteiger partial charge on any atom is -0.489 e. The quantitative estimate of drug-likeness (QED) is 0.437. The molecule has 0 spiro atoms. The minimum atomic E-state index is -0.715. The van der Waals surface area contributed by atoms with E-state index in [0.717, 1.165) is 68.4 Å². The largest absolute Gasteiger partial charge is 0.489 e. The van der Waals surface area contributed by atoms with E-state index >= 15 is 0 Å². The van der Waals surface area contributed by atoms with Crippen molar-refractivity contribution < 1.29 is 14.3 Å². The van der Waals surface area contributed by atoms with Crippen LogP contribution < -0.4 is 15.4 Å². The van der Waals surface area contributed by atoms with Crippen molar-refractivity contribution >= 4 is 11.8 Å². The highest BCUT2D eigenvalue weighted by Crippen LogP contribution is 2.35. The van der Waals surface area contributed by atoms with Crippen molar-refractivity contribution in [2.45, 2.75) is 63.5 Å². The van der Waals surface area contributed by atoms with Crippen molar-refractivity contribution in [3.63, 3.8) is 0 Å². The van der Waals surface area contributed by atoms with Crippen molar-refractivity contribution in [3.8, 4) is 5.75 Å². The third kappa shape index (κ3) is 6.83. The highest BCUT2D eigenvalue weighted by Gasteiger charge is 2.48. The Morgan fingerprint density at radius 3 is 2.38 bits per heavy atom. The van der Waals surface area contributed by atoms with Gasteiger partial charge in [-0.25, -0.2) is 0 Å². The Hall–Kier alpha value is -2.86. The van der Waals surface area contributed by atoms with Crippen LogP contribution in [-0.4, -0.2) is 49.4 Å². The minimum absolute atomic E-state index is 0.0224. The Kier molecular flexibility index (Phi) is 9.95. The molecule has 2 aromatic carbocycles. The number of rotatable bonds is 13. The molecular formula is C28H39N3O3. The van der Waals surface area contributed by atoms with Gasteiger partial charge in [-0.15, -0.1) is 0 Å². The smallest absolute Gasteiger partial charge is 0.245 e. The topological polar surface area (TPSA) is 70.7 Å². The Morgan fingerprint density at radius 2 is 1.68 bits per heavy atom. The van der Waals surface area contributed by atoms with Gasteiger partial charge in [-0.1, -0.05) is 61.7 Å². The van der Waals surface area contributed by atoms with E-state index in [9.17, 15) is 9.59 Å². The summed E-state index contributed by atoms with van der Waals surface area (Å²) in [6.45, 7) is 2.17. The van der Waals surface area contributed by atoms with Crippen LogP contribution >= 0.6 is 0 Å². The highest BCUT2D eigenvalue weighted by molar-refractivity contribution is 5.92. The molecule has 1 unspecified atom stereocenters. The van der Waals surface area contributed by atoms with Crippen LogP contribution in [0, 0.1) is 0 Å². The van der Waals surface area contributed by atoms with Crippen molar-refractivity contribution in [3.05, 3.63) is 65.7 Å². The fraction of sp³-hybridized carbons (Fsp3) is 0.500.